The molecule has 12 aliphatic rings. The number of rotatable bonds is 0. The molecular weight excluding hydrogens is 1370 g/mol. The van der Waals surface area contributed by atoms with Crippen LogP contribution in [0.15, 0.2) is 269 Å². The van der Waals surface area contributed by atoms with Crippen molar-refractivity contribution in [2.24, 2.45) is 0 Å². The van der Waals surface area contributed by atoms with Crippen LogP contribution in [-0.4, -0.2) is 39.9 Å². The van der Waals surface area contributed by atoms with Gasteiger partial charge < -0.3 is 19.6 Å². The van der Waals surface area contributed by atoms with Crippen LogP contribution in [0.3, 0.4) is 0 Å². The zero-order valence-corrected chi connectivity index (χ0v) is 61.3. The van der Waals surface area contributed by atoms with Crippen LogP contribution in [-0.2, 0) is 77.0 Å². The maximum Gasteiger partial charge on any atom is 0.0716 e. The summed E-state index contributed by atoms with van der Waals surface area (Å²) in [5.74, 6) is 0. The predicted molar refractivity (Wildman–Crippen MR) is 442 cm³/mol. The Morgan fingerprint density at radius 1 is 0.170 bits per heavy atom. The van der Waals surface area contributed by atoms with Crippen LogP contribution < -0.4 is 19.6 Å². The maximum absolute atomic E-state index is 4.80. The highest BCUT2D eigenvalue weighted by molar-refractivity contribution is 5.97. The molecule has 0 saturated heterocycles. The number of hydrogen-bond acceptors (Lipinski definition) is 12. The fourth-order valence-electron chi connectivity index (χ4n) is 21.1. The smallest absolute Gasteiger partial charge is 0.0716 e. The zero-order chi connectivity index (χ0) is 73.0. The van der Waals surface area contributed by atoms with Crippen molar-refractivity contribution >= 4 is 68.2 Å². The first kappa shape index (κ1) is 62.1. The Morgan fingerprint density at radius 2 is 0.473 bits per heavy atom. The van der Waals surface area contributed by atoms with E-state index in [1.54, 1.807) is 0 Å². The van der Waals surface area contributed by atoms with Gasteiger partial charge in [0.2, 0.25) is 0 Å². The molecule has 0 N–H and O–H groups in total. The Balaban J connectivity index is 0.0000000847. The quantitative estimate of drug-likeness (QED) is 0.144. The van der Waals surface area contributed by atoms with Crippen LogP contribution in [0, 0.1) is 0 Å². The highest BCUT2D eigenvalue weighted by Gasteiger charge is 2.41. The summed E-state index contributed by atoms with van der Waals surface area (Å²) in [5, 5.41) is 0. The van der Waals surface area contributed by atoms with Crippen LogP contribution in [0.4, 0.5) is 68.2 Å². The molecule has 0 radical (unpaired) electrons. The number of benzene rings is 8. The molecular formula is C100H68N12. The SMILES string of the molecule is c1ccc2c(c1)Cc1c-2ccc2c1Cc1ccnc3c1N2c1cnccc1C3.c1ccc2c(c1)Cc1c-2ccc2c1Cc1cncc3c1N2c1ccncc1C3.c1ccc2c(c1)Cc1c-2ccc2c1Cc1cncc3c1N2c1cnccc1C3.c1ccc2c(c1)Cc1c-2ccc2c1Cc1nccc3c1N2c1ccncc1C3. The van der Waals surface area contributed by atoms with E-state index >= 15 is 0 Å². The Bertz CT molecular complexity index is 6040. The topological polar surface area (TPSA) is 116 Å². The fourth-order valence-corrected chi connectivity index (χ4v) is 21.1. The molecule has 528 valence electrons. The van der Waals surface area contributed by atoms with E-state index < -0.39 is 0 Å². The van der Waals surface area contributed by atoms with Crippen molar-refractivity contribution in [3.8, 4) is 44.5 Å². The number of aromatic nitrogens is 8. The standard InChI is InChI=1S/4C25H17N3/c1-2-4-18-15(3-1)12-20-19(18)5-6-24-21(20)13-22-25-16(7-10-27-22)11-17-14-26-9-8-23(17)28(24)25;1-2-4-18-15(3-1)11-20-19(18)5-6-23-21(20)12-17-8-10-27-22-13-16-7-9-26-14-24(16)28(23)25(17)22;1-2-4-19-15(3-1)10-21-20(19)5-6-24-22(21)11-18-14-27-13-17-9-16-12-26-8-7-23(16)28(24)25(17)18;1-2-4-19-15(3-1)10-21-20(19)5-6-23-22(21)11-18-13-27-12-17-9-16-7-8-26-14-24(16)28(23)25(17)18/h2*1-10,14H,11-13H2;2*1-8,12-14H,9-11H2. The van der Waals surface area contributed by atoms with Crippen molar-refractivity contribution in [1.82, 2.24) is 39.9 Å². The molecule has 0 fully saturated rings. The first-order valence-electron chi connectivity index (χ1n) is 39.2. The van der Waals surface area contributed by atoms with Crippen molar-refractivity contribution in [3.05, 3.63) is 403 Å². The lowest BCUT2D eigenvalue weighted by atomic mass is 9.85. The maximum atomic E-state index is 4.80. The first-order valence-corrected chi connectivity index (χ1v) is 39.2. The van der Waals surface area contributed by atoms with E-state index in [1.165, 1.54) is 247 Å². The predicted octanol–water partition coefficient (Wildman–Crippen LogP) is 21.3. The molecule has 4 aliphatic carbocycles. The molecule has 0 atom stereocenters. The summed E-state index contributed by atoms with van der Waals surface area (Å²) in [7, 11) is 0. The third kappa shape index (κ3) is 9.05. The van der Waals surface area contributed by atoms with Crippen molar-refractivity contribution in [2.75, 3.05) is 19.6 Å². The van der Waals surface area contributed by atoms with Gasteiger partial charge in [-0.3, -0.25) is 39.9 Å². The molecule has 8 aromatic heterocycles. The Kier molecular flexibility index (Phi) is 13.2. The van der Waals surface area contributed by atoms with E-state index in [0.29, 0.717) is 0 Å². The Labute approximate surface area is 647 Å². The van der Waals surface area contributed by atoms with Gasteiger partial charge in [-0.15, -0.1) is 0 Å². The summed E-state index contributed by atoms with van der Waals surface area (Å²) in [5.41, 5.74) is 59.4. The van der Waals surface area contributed by atoms with Gasteiger partial charge in [-0.1, -0.05) is 121 Å². The first-order chi connectivity index (χ1) is 55.5. The average Bonchev–Trinajstić information content (AvgIpc) is 1.17. The van der Waals surface area contributed by atoms with Crippen LogP contribution in [0.5, 0.6) is 0 Å². The van der Waals surface area contributed by atoms with Gasteiger partial charge in [-0.25, -0.2) is 0 Å². The van der Waals surface area contributed by atoms with Crippen molar-refractivity contribution in [3.63, 3.8) is 0 Å². The van der Waals surface area contributed by atoms with Crippen molar-refractivity contribution in [2.45, 2.75) is 77.0 Å². The molecule has 0 spiro atoms. The van der Waals surface area contributed by atoms with Gasteiger partial charge in [0.1, 0.15) is 0 Å². The number of fused-ring (bicyclic) bond motifs is 32. The van der Waals surface area contributed by atoms with E-state index in [4.69, 9.17) is 9.97 Å². The lowest BCUT2D eigenvalue weighted by Gasteiger charge is -2.39. The zero-order valence-electron chi connectivity index (χ0n) is 61.3. The second-order valence-corrected chi connectivity index (χ2v) is 31.6. The molecule has 112 heavy (non-hydrogen) atoms. The molecule has 12 nitrogen and oxygen atoms in total. The molecule has 0 unspecified atom stereocenters. The van der Waals surface area contributed by atoms with Gasteiger partial charge in [0.25, 0.3) is 0 Å². The minimum Gasteiger partial charge on any atom is -0.309 e. The highest BCUT2D eigenvalue weighted by atomic mass is 15.2. The number of hydrogen-bond donors (Lipinski definition) is 0. The molecule has 8 aliphatic heterocycles. The summed E-state index contributed by atoms with van der Waals surface area (Å²) in [6.07, 6.45) is 39.2. The lowest BCUT2D eigenvalue weighted by molar-refractivity contribution is 0.944. The summed E-state index contributed by atoms with van der Waals surface area (Å²) < 4.78 is 0. The van der Waals surface area contributed by atoms with Crippen molar-refractivity contribution in [1.29, 1.82) is 0 Å². The molecule has 0 bridgehead atoms. The molecule has 0 amide bonds. The molecule has 16 aromatic rings. The van der Waals surface area contributed by atoms with Crippen LogP contribution >= 0.6 is 0 Å². The normalized spacial score (nSPS) is 14.6. The van der Waals surface area contributed by atoms with Crippen molar-refractivity contribution < 1.29 is 0 Å². The van der Waals surface area contributed by atoms with E-state index in [0.717, 1.165) is 77.0 Å². The van der Waals surface area contributed by atoms with Crippen LogP contribution in [0.1, 0.15) is 134 Å². The summed E-state index contributed by atoms with van der Waals surface area (Å²) in [4.78, 5) is 46.0. The van der Waals surface area contributed by atoms with Gasteiger partial charge >= 0.3 is 0 Å². The summed E-state index contributed by atoms with van der Waals surface area (Å²) in [6.45, 7) is 0. The molecule has 8 aromatic carbocycles. The van der Waals surface area contributed by atoms with E-state index in [9.17, 15) is 0 Å². The largest absolute Gasteiger partial charge is 0.309 e. The second-order valence-electron chi connectivity index (χ2n) is 31.6. The third-order valence-corrected chi connectivity index (χ3v) is 25.9. The second kappa shape index (κ2) is 23.8. The number of anilines is 12. The highest BCUT2D eigenvalue weighted by Crippen LogP contribution is 2.59. The lowest BCUT2D eigenvalue weighted by Crippen LogP contribution is -2.26. The summed E-state index contributed by atoms with van der Waals surface area (Å²) >= 11 is 0. The van der Waals surface area contributed by atoms with E-state index in [-0.39, 0.29) is 0 Å². The summed E-state index contributed by atoms with van der Waals surface area (Å²) in [6, 6.07) is 66.7. The van der Waals surface area contributed by atoms with Gasteiger partial charge in [0, 0.05) is 126 Å². The van der Waals surface area contributed by atoms with Gasteiger partial charge in [0.15, 0.2) is 0 Å². The van der Waals surface area contributed by atoms with Gasteiger partial charge in [0.05, 0.1) is 92.0 Å². The van der Waals surface area contributed by atoms with Crippen LogP contribution in [0.2, 0.25) is 0 Å². The van der Waals surface area contributed by atoms with E-state index in [1.807, 2.05) is 74.4 Å². The number of pyridine rings is 8. The Morgan fingerprint density at radius 3 is 0.929 bits per heavy atom. The molecule has 0 saturated carbocycles. The molecule has 12 heteroatoms. The minimum absolute atomic E-state index is 0.878. The molecule has 16 heterocycles. The molecule has 28 rings (SSSR count). The third-order valence-electron chi connectivity index (χ3n) is 25.9. The Hall–Kier alpha value is -13.8. The van der Waals surface area contributed by atoms with Gasteiger partial charge in [-0.2, -0.15) is 0 Å². The number of nitrogens with zero attached hydrogens (tertiary/aromatic N) is 12. The van der Waals surface area contributed by atoms with Crippen LogP contribution in [0.25, 0.3) is 44.5 Å². The van der Waals surface area contributed by atoms with Gasteiger partial charge in [-0.05, 0) is 253 Å². The van der Waals surface area contributed by atoms with E-state index in [2.05, 4.69) is 244 Å². The fraction of sp³-hybridized carbons (Fsp3) is 0.120. The minimum atomic E-state index is 0.878. The average molecular weight is 1440 g/mol. The monoisotopic (exact) mass is 1440 g/mol.